The highest BCUT2D eigenvalue weighted by Crippen LogP contribution is 2.31. The minimum atomic E-state index is -0.324. The van der Waals surface area contributed by atoms with Gasteiger partial charge in [0, 0.05) is 17.5 Å². The van der Waals surface area contributed by atoms with Crippen LogP contribution in [0.3, 0.4) is 0 Å². The minimum absolute atomic E-state index is 0.237. The lowest BCUT2D eigenvalue weighted by Crippen LogP contribution is -2.17. The van der Waals surface area contributed by atoms with Gasteiger partial charge in [0.05, 0.1) is 0 Å². The fourth-order valence-electron chi connectivity index (χ4n) is 1.87. The van der Waals surface area contributed by atoms with Crippen molar-refractivity contribution in [2.45, 2.75) is 42.9 Å². The molecule has 3 N–H and O–H groups in total. The fourth-order valence-corrected chi connectivity index (χ4v) is 2.94. The number of aromatic amines is 1. The molecule has 5 nitrogen and oxygen atoms in total. The molecular weight excluding hydrogens is 279 g/mol. The maximum absolute atomic E-state index is 13.3. The van der Waals surface area contributed by atoms with E-state index in [1.165, 1.54) is 23.9 Å². The lowest BCUT2D eigenvalue weighted by atomic mass is 10.1. The summed E-state index contributed by atoms with van der Waals surface area (Å²) in [6, 6.07) is 4.16. The standard InChI is InChI=1S/C13H17FN4OS/c1-3-6-18-12(19)16-17-13(18)20-11-5-4-9(14)7-10(11)8(2)15/h4-5,7-8H,3,6,15H2,1-2H3,(H,16,19)/t8-/m1/s1. The number of benzene rings is 1. The first kappa shape index (κ1) is 14.8. The first-order chi connectivity index (χ1) is 9.52. The molecule has 1 atom stereocenters. The first-order valence-corrected chi connectivity index (χ1v) is 7.22. The molecule has 0 aliphatic heterocycles. The highest BCUT2D eigenvalue weighted by molar-refractivity contribution is 7.99. The molecule has 0 aliphatic rings. The Morgan fingerprint density at radius 3 is 2.95 bits per heavy atom. The predicted molar refractivity (Wildman–Crippen MR) is 76.3 cm³/mol. The summed E-state index contributed by atoms with van der Waals surface area (Å²) in [6.45, 7) is 4.37. The van der Waals surface area contributed by atoms with Gasteiger partial charge in [-0.25, -0.2) is 14.3 Å². The molecule has 0 amide bonds. The summed E-state index contributed by atoms with van der Waals surface area (Å²) in [7, 11) is 0. The van der Waals surface area contributed by atoms with E-state index in [0.717, 1.165) is 11.3 Å². The zero-order valence-electron chi connectivity index (χ0n) is 11.4. The molecule has 7 heteroatoms. The van der Waals surface area contributed by atoms with E-state index in [-0.39, 0.29) is 17.5 Å². The van der Waals surface area contributed by atoms with E-state index in [9.17, 15) is 9.18 Å². The number of nitrogens with one attached hydrogen (secondary N) is 1. The van der Waals surface area contributed by atoms with E-state index in [0.29, 0.717) is 17.3 Å². The number of H-pyrrole nitrogens is 1. The number of halogens is 1. The van der Waals surface area contributed by atoms with Crippen LogP contribution in [0.4, 0.5) is 4.39 Å². The van der Waals surface area contributed by atoms with Crippen LogP contribution in [-0.4, -0.2) is 14.8 Å². The summed E-state index contributed by atoms with van der Waals surface area (Å²) in [5, 5.41) is 7.00. The van der Waals surface area contributed by atoms with Crippen molar-refractivity contribution in [2.24, 2.45) is 5.73 Å². The maximum atomic E-state index is 13.3. The van der Waals surface area contributed by atoms with Gasteiger partial charge >= 0.3 is 5.69 Å². The highest BCUT2D eigenvalue weighted by atomic mass is 32.2. The van der Waals surface area contributed by atoms with Crippen molar-refractivity contribution in [1.29, 1.82) is 0 Å². The zero-order valence-corrected chi connectivity index (χ0v) is 12.2. The Morgan fingerprint density at radius 1 is 1.55 bits per heavy atom. The molecule has 0 aliphatic carbocycles. The van der Waals surface area contributed by atoms with Gasteiger partial charge in [0.25, 0.3) is 0 Å². The van der Waals surface area contributed by atoms with E-state index in [1.807, 2.05) is 6.92 Å². The Kier molecular flexibility index (Phi) is 4.61. The summed E-state index contributed by atoms with van der Waals surface area (Å²) >= 11 is 1.31. The minimum Gasteiger partial charge on any atom is -0.324 e. The van der Waals surface area contributed by atoms with Gasteiger partial charge in [-0.15, -0.1) is 5.10 Å². The average Bonchev–Trinajstić information content (AvgIpc) is 2.74. The second-order valence-corrected chi connectivity index (χ2v) is 5.54. The molecule has 108 valence electrons. The summed E-state index contributed by atoms with van der Waals surface area (Å²) < 4.78 is 14.9. The van der Waals surface area contributed by atoms with Crippen molar-refractivity contribution in [2.75, 3.05) is 0 Å². The van der Waals surface area contributed by atoms with E-state index >= 15 is 0 Å². The molecular formula is C13H17FN4OS. The van der Waals surface area contributed by atoms with E-state index in [4.69, 9.17) is 5.73 Å². The van der Waals surface area contributed by atoms with Crippen LogP contribution < -0.4 is 11.4 Å². The normalized spacial score (nSPS) is 12.6. The van der Waals surface area contributed by atoms with Crippen LogP contribution in [0.5, 0.6) is 0 Å². The van der Waals surface area contributed by atoms with Crippen molar-refractivity contribution in [3.63, 3.8) is 0 Å². The Morgan fingerprint density at radius 2 is 2.30 bits per heavy atom. The Balaban J connectivity index is 2.37. The molecule has 0 radical (unpaired) electrons. The lowest BCUT2D eigenvalue weighted by Gasteiger charge is -2.12. The second kappa shape index (κ2) is 6.23. The average molecular weight is 296 g/mol. The lowest BCUT2D eigenvalue weighted by molar-refractivity contribution is 0.603. The van der Waals surface area contributed by atoms with Gasteiger partial charge < -0.3 is 5.73 Å². The maximum Gasteiger partial charge on any atom is 0.343 e. The van der Waals surface area contributed by atoms with E-state index in [1.54, 1.807) is 17.6 Å². The zero-order chi connectivity index (χ0) is 14.7. The smallest absolute Gasteiger partial charge is 0.324 e. The highest BCUT2D eigenvalue weighted by Gasteiger charge is 2.14. The summed E-state index contributed by atoms with van der Waals surface area (Å²) in [6.07, 6.45) is 0.830. The summed E-state index contributed by atoms with van der Waals surface area (Å²) in [5.74, 6) is -0.324. The van der Waals surface area contributed by atoms with Crippen LogP contribution in [0.25, 0.3) is 0 Å². The van der Waals surface area contributed by atoms with Crippen LogP contribution in [-0.2, 0) is 6.54 Å². The topological polar surface area (TPSA) is 76.7 Å². The third-order valence-corrected chi connectivity index (χ3v) is 3.92. The third kappa shape index (κ3) is 3.10. The third-order valence-electron chi connectivity index (χ3n) is 2.83. The molecule has 0 saturated carbocycles. The largest absolute Gasteiger partial charge is 0.343 e. The van der Waals surface area contributed by atoms with Gasteiger partial charge in [0.2, 0.25) is 0 Å². The molecule has 20 heavy (non-hydrogen) atoms. The number of rotatable bonds is 5. The van der Waals surface area contributed by atoms with Gasteiger partial charge in [-0.1, -0.05) is 6.92 Å². The first-order valence-electron chi connectivity index (χ1n) is 6.41. The Labute approximate surface area is 120 Å². The second-order valence-electron chi connectivity index (χ2n) is 4.54. The van der Waals surface area contributed by atoms with Crippen molar-refractivity contribution < 1.29 is 4.39 Å². The molecule has 2 aromatic rings. The van der Waals surface area contributed by atoms with Crippen molar-refractivity contribution >= 4 is 11.8 Å². The van der Waals surface area contributed by atoms with Crippen LogP contribution in [0.2, 0.25) is 0 Å². The van der Waals surface area contributed by atoms with Crippen LogP contribution in [0.15, 0.2) is 33.0 Å². The molecule has 1 aromatic heterocycles. The number of nitrogens with zero attached hydrogens (tertiary/aromatic N) is 2. The molecule has 1 aromatic carbocycles. The van der Waals surface area contributed by atoms with E-state index in [2.05, 4.69) is 10.2 Å². The molecule has 0 bridgehead atoms. The van der Waals surface area contributed by atoms with Gasteiger partial charge in [-0.2, -0.15) is 0 Å². The number of hydrogen-bond donors (Lipinski definition) is 2. The van der Waals surface area contributed by atoms with Crippen LogP contribution in [0.1, 0.15) is 31.9 Å². The van der Waals surface area contributed by atoms with Gasteiger partial charge in [-0.3, -0.25) is 4.57 Å². The molecule has 1 heterocycles. The van der Waals surface area contributed by atoms with Crippen LogP contribution in [0, 0.1) is 5.82 Å². The number of aromatic nitrogens is 3. The SMILES string of the molecule is CCCn1c(Sc2ccc(F)cc2[C@@H](C)N)n[nH]c1=O. The number of hydrogen-bond acceptors (Lipinski definition) is 4. The Hall–Kier alpha value is -1.60. The summed E-state index contributed by atoms with van der Waals surface area (Å²) in [4.78, 5) is 12.4. The fraction of sp³-hybridized carbons (Fsp3) is 0.385. The molecule has 0 spiro atoms. The molecule has 0 saturated heterocycles. The van der Waals surface area contributed by atoms with Gasteiger partial charge in [0.15, 0.2) is 5.16 Å². The van der Waals surface area contributed by atoms with Gasteiger partial charge in [0.1, 0.15) is 5.82 Å². The molecule has 0 fully saturated rings. The van der Waals surface area contributed by atoms with E-state index < -0.39 is 0 Å². The molecule has 2 rings (SSSR count). The monoisotopic (exact) mass is 296 g/mol. The van der Waals surface area contributed by atoms with Crippen molar-refractivity contribution in [1.82, 2.24) is 14.8 Å². The summed E-state index contributed by atoms with van der Waals surface area (Å²) in [5.41, 5.74) is 6.33. The predicted octanol–water partition coefficient (Wildman–Crippen LogP) is 2.29. The van der Waals surface area contributed by atoms with Crippen molar-refractivity contribution in [3.05, 3.63) is 40.1 Å². The van der Waals surface area contributed by atoms with Crippen LogP contribution >= 0.6 is 11.8 Å². The molecule has 0 unspecified atom stereocenters. The van der Waals surface area contributed by atoms with Crippen molar-refractivity contribution in [3.8, 4) is 0 Å². The Bertz CT molecular complexity index is 650. The van der Waals surface area contributed by atoms with Gasteiger partial charge in [-0.05, 0) is 48.9 Å². The number of nitrogens with two attached hydrogens (primary N) is 1. The quantitative estimate of drug-likeness (QED) is 0.887.